The lowest BCUT2D eigenvalue weighted by atomic mass is 9.83. The van der Waals surface area contributed by atoms with E-state index in [-0.39, 0.29) is 11.6 Å². The minimum atomic E-state index is -0.134. The molecule has 0 saturated carbocycles. The normalized spacial score (nSPS) is 12.8. The minimum Gasteiger partial charge on any atom is -0.321 e. The van der Waals surface area contributed by atoms with Gasteiger partial charge in [-0.2, -0.15) is 0 Å². The predicted molar refractivity (Wildman–Crippen MR) is 107 cm³/mol. The van der Waals surface area contributed by atoms with E-state index in [9.17, 15) is 9.59 Å². The van der Waals surface area contributed by atoms with Gasteiger partial charge >= 0.3 is 0 Å². The Hall–Kier alpha value is -3.31. The highest BCUT2D eigenvalue weighted by Crippen LogP contribution is 2.38. The van der Waals surface area contributed by atoms with Gasteiger partial charge in [-0.1, -0.05) is 53.8 Å². The number of thiazole rings is 1. The second-order valence-corrected chi connectivity index (χ2v) is 7.44. The van der Waals surface area contributed by atoms with E-state index in [1.807, 2.05) is 48.3 Å². The van der Waals surface area contributed by atoms with Crippen LogP contribution in [0.4, 0.5) is 10.8 Å². The summed E-state index contributed by atoms with van der Waals surface area (Å²) < 4.78 is 0.895. The molecule has 0 radical (unpaired) electrons. The van der Waals surface area contributed by atoms with E-state index in [2.05, 4.69) is 0 Å². The topological polar surface area (TPSA) is 50.3 Å². The predicted octanol–water partition coefficient (Wildman–Crippen LogP) is 4.84. The fourth-order valence-corrected chi connectivity index (χ4v) is 4.42. The zero-order valence-corrected chi connectivity index (χ0v) is 15.3. The fourth-order valence-electron chi connectivity index (χ4n) is 3.47. The van der Waals surface area contributed by atoms with Gasteiger partial charge < -0.3 is 4.90 Å². The van der Waals surface area contributed by atoms with Gasteiger partial charge in [0.2, 0.25) is 0 Å². The number of benzene rings is 3. The summed E-state index contributed by atoms with van der Waals surface area (Å²) in [6.07, 6.45) is 0. The molecule has 0 unspecified atom stereocenters. The lowest BCUT2D eigenvalue weighted by Crippen LogP contribution is -2.21. The van der Waals surface area contributed by atoms with Crippen LogP contribution in [0.25, 0.3) is 10.2 Å². The summed E-state index contributed by atoms with van der Waals surface area (Å²) in [5.41, 5.74) is 3.38. The van der Waals surface area contributed by atoms with E-state index < -0.39 is 0 Å². The number of nitrogens with zero attached hydrogens (tertiary/aromatic N) is 2. The highest BCUT2D eigenvalue weighted by Gasteiger charge is 2.32. The first-order valence-electron chi connectivity index (χ1n) is 8.56. The number of hydrogen-bond acceptors (Lipinski definition) is 5. The summed E-state index contributed by atoms with van der Waals surface area (Å²) in [5.74, 6) is -0.252. The smallest absolute Gasteiger partial charge is 0.196 e. The Morgan fingerprint density at radius 2 is 1.44 bits per heavy atom. The van der Waals surface area contributed by atoms with Crippen molar-refractivity contribution in [2.75, 3.05) is 11.9 Å². The van der Waals surface area contributed by atoms with Gasteiger partial charge in [0, 0.05) is 29.4 Å². The summed E-state index contributed by atoms with van der Waals surface area (Å²) in [5, 5.41) is 0.781. The molecule has 0 aliphatic heterocycles. The van der Waals surface area contributed by atoms with Crippen LogP contribution in [-0.4, -0.2) is 23.6 Å². The Kier molecular flexibility index (Phi) is 3.45. The summed E-state index contributed by atoms with van der Waals surface area (Å²) >= 11 is 1.51. The van der Waals surface area contributed by atoms with Crippen LogP contribution in [0.2, 0.25) is 0 Å². The highest BCUT2D eigenvalue weighted by molar-refractivity contribution is 7.22. The van der Waals surface area contributed by atoms with Gasteiger partial charge in [0.25, 0.3) is 0 Å². The first kappa shape index (κ1) is 15.9. The van der Waals surface area contributed by atoms with Gasteiger partial charge in [-0.05, 0) is 24.3 Å². The number of ketones is 2. The third-order valence-corrected chi connectivity index (χ3v) is 5.97. The van der Waals surface area contributed by atoms with Crippen molar-refractivity contribution < 1.29 is 9.59 Å². The van der Waals surface area contributed by atoms with Crippen molar-refractivity contribution in [1.82, 2.24) is 4.98 Å². The maximum Gasteiger partial charge on any atom is 0.196 e. The van der Waals surface area contributed by atoms with E-state index in [0.29, 0.717) is 27.8 Å². The van der Waals surface area contributed by atoms with Crippen molar-refractivity contribution in [2.45, 2.75) is 0 Å². The number of rotatable bonds is 2. The molecule has 1 aliphatic carbocycles. The number of carbonyl (C=O) groups excluding carboxylic acids is 2. The minimum absolute atomic E-state index is 0.118. The fraction of sp³-hybridized carbons (Fsp3) is 0.0455. The van der Waals surface area contributed by atoms with Crippen LogP contribution in [0.3, 0.4) is 0 Å². The maximum absolute atomic E-state index is 13.1. The monoisotopic (exact) mass is 370 g/mol. The summed E-state index contributed by atoms with van der Waals surface area (Å²) in [6, 6.07) is 20.5. The molecule has 5 rings (SSSR count). The van der Waals surface area contributed by atoms with Crippen LogP contribution in [0, 0.1) is 0 Å². The van der Waals surface area contributed by atoms with Gasteiger partial charge in [0.05, 0.1) is 15.8 Å². The average molecular weight is 370 g/mol. The Morgan fingerprint density at radius 3 is 2.19 bits per heavy atom. The third kappa shape index (κ3) is 2.32. The van der Waals surface area contributed by atoms with Crippen LogP contribution >= 0.6 is 11.3 Å². The summed E-state index contributed by atoms with van der Waals surface area (Å²) in [6.45, 7) is 0. The maximum atomic E-state index is 13.1. The highest BCUT2D eigenvalue weighted by atomic mass is 32.1. The van der Waals surface area contributed by atoms with Crippen molar-refractivity contribution in [2.24, 2.45) is 0 Å². The SMILES string of the molecule is CN(c1ccccc1)c1nc2c3c(ccc2s1)C(=O)c1ccccc1C3=O. The molecule has 130 valence electrons. The standard InChI is InChI=1S/C22H14N2O2S/c1-24(13-7-3-2-4-8-13)22-23-19-17(27-22)12-11-16-18(19)21(26)15-10-6-5-9-14(15)20(16)25/h2-12H,1H3. The molecule has 0 bridgehead atoms. The molecule has 0 N–H and O–H groups in total. The molecular formula is C22H14N2O2S. The lowest BCUT2D eigenvalue weighted by Gasteiger charge is -2.17. The Balaban J connectivity index is 1.70. The van der Waals surface area contributed by atoms with Gasteiger partial charge in [0.1, 0.15) is 0 Å². The molecule has 0 saturated heterocycles. The molecular weight excluding hydrogens is 356 g/mol. The first-order valence-corrected chi connectivity index (χ1v) is 9.37. The van der Waals surface area contributed by atoms with Crippen LogP contribution in [0.1, 0.15) is 31.8 Å². The van der Waals surface area contributed by atoms with Crippen LogP contribution in [0.5, 0.6) is 0 Å². The molecule has 1 heterocycles. The molecule has 27 heavy (non-hydrogen) atoms. The van der Waals surface area contributed by atoms with E-state index in [1.54, 1.807) is 30.3 Å². The van der Waals surface area contributed by atoms with Crippen molar-refractivity contribution >= 4 is 43.9 Å². The molecule has 0 spiro atoms. The van der Waals surface area contributed by atoms with Crippen molar-refractivity contribution in [1.29, 1.82) is 0 Å². The quantitative estimate of drug-likeness (QED) is 0.446. The lowest BCUT2D eigenvalue weighted by molar-refractivity contribution is 0.0980. The molecule has 1 aliphatic rings. The van der Waals surface area contributed by atoms with Crippen molar-refractivity contribution in [3.63, 3.8) is 0 Å². The Morgan fingerprint density at radius 1 is 0.778 bits per heavy atom. The zero-order chi connectivity index (χ0) is 18.5. The van der Waals surface area contributed by atoms with Gasteiger partial charge in [-0.3, -0.25) is 9.59 Å². The number of carbonyl (C=O) groups is 2. The van der Waals surface area contributed by atoms with Crippen LogP contribution < -0.4 is 4.90 Å². The number of anilines is 2. The second kappa shape index (κ2) is 5.86. The van der Waals surface area contributed by atoms with Crippen molar-refractivity contribution in [3.05, 3.63) is 89.0 Å². The van der Waals surface area contributed by atoms with Gasteiger partial charge in [0.15, 0.2) is 16.7 Å². The third-order valence-electron chi connectivity index (χ3n) is 4.87. The number of fused-ring (bicyclic) bond motifs is 4. The number of hydrogen-bond donors (Lipinski definition) is 0. The summed E-state index contributed by atoms with van der Waals surface area (Å²) in [7, 11) is 1.95. The number of para-hydroxylation sites is 1. The largest absolute Gasteiger partial charge is 0.321 e. The number of aromatic nitrogens is 1. The second-order valence-electron chi connectivity index (χ2n) is 6.43. The molecule has 3 aromatic carbocycles. The van der Waals surface area contributed by atoms with Crippen LogP contribution in [0.15, 0.2) is 66.7 Å². The van der Waals surface area contributed by atoms with Gasteiger partial charge in [-0.25, -0.2) is 4.98 Å². The summed E-state index contributed by atoms with van der Waals surface area (Å²) in [4.78, 5) is 32.7. The van der Waals surface area contributed by atoms with Crippen molar-refractivity contribution in [3.8, 4) is 0 Å². The van der Waals surface area contributed by atoms with E-state index in [4.69, 9.17) is 4.98 Å². The Labute approximate surface area is 159 Å². The molecule has 4 nitrogen and oxygen atoms in total. The molecule has 0 amide bonds. The van der Waals surface area contributed by atoms with E-state index in [1.165, 1.54) is 11.3 Å². The zero-order valence-electron chi connectivity index (χ0n) is 14.5. The molecule has 0 atom stereocenters. The Bertz CT molecular complexity index is 1230. The molecule has 0 fully saturated rings. The van der Waals surface area contributed by atoms with E-state index >= 15 is 0 Å². The molecule has 5 heteroatoms. The van der Waals surface area contributed by atoms with E-state index in [0.717, 1.165) is 15.5 Å². The van der Waals surface area contributed by atoms with Crippen LogP contribution in [-0.2, 0) is 0 Å². The average Bonchev–Trinajstić information content (AvgIpc) is 3.16. The van der Waals surface area contributed by atoms with Gasteiger partial charge in [-0.15, -0.1) is 0 Å². The first-order chi connectivity index (χ1) is 13.1. The molecule has 1 aromatic heterocycles. The molecule has 4 aromatic rings.